The van der Waals surface area contributed by atoms with Gasteiger partial charge in [0, 0.05) is 18.3 Å². The SMILES string of the molecule is CN1C(=O)Cc2cc(C(=O)CN3C(=O)N[C@@](C)(c4ccccc4)C3=O)ccc21. The molecule has 1 fully saturated rings. The van der Waals surface area contributed by atoms with Gasteiger partial charge in [-0.05, 0) is 36.2 Å². The van der Waals surface area contributed by atoms with Gasteiger partial charge in [-0.15, -0.1) is 0 Å². The summed E-state index contributed by atoms with van der Waals surface area (Å²) >= 11 is 0. The molecule has 1 N–H and O–H groups in total. The van der Waals surface area contributed by atoms with E-state index in [1.807, 2.05) is 6.07 Å². The Morgan fingerprint density at radius 3 is 2.54 bits per heavy atom. The number of carbonyl (C=O) groups is 4. The molecule has 2 aromatic carbocycles. The molecule has 0 saturated carbocycles. The van der Waals surface area contributed by atoms with Crippen molar-refractivity contribution in [2.24, 2.45) is 0 Å². The molecule has 28 heavy (non-hydrogen) atoms. The van der Waals surface area contributed by atoms with E-state index in [-0.39, 0.29) is 24.7 Å². The first kappa shape index (κ1) is 17.9. The number of nitrogens with one attached hydrogen (secondary N) is 1. The van der Waals surface area contributed by atoms with Crippen LogP contribution >= 0.6 is 0 Å². The summed E-state index contributed by atoms with van der Waals surface area (Å²) in [5.74, 6) is -0.856. The monoisotopic (exact) mass is 377 g/mol. The normalized spacial score (nSPS) is 21.1. The van der Waals surface area contributed by atoms with E-state index in [1.165, 1.54) is 0 Å². The molecular formula is C21H19N3O4. The van der Waals surface area contributed by atoms with Gasteiger partial charge < -0.3 is 10.2 Å². The minimum absolute atomic E-state index is 0.0349. The predicted molar refractivity (Wildman–Crippen MR) is 102 cm³/mol. The second-order valence-corrected chi connectivity index (χ2v) is 7.21. The smallest absolute Gasteiger partial charge is 0.319 e. The minimum Gasteiger partial charge on any atom is -0.319 e. The van der Waals surface area contributed by atoms with Gasteiger partial charge in [-0.1, -0.05) is 30.3 Å². The Bertz CT molecular complexity index is 1020. The molecule has 0 bridgehead atoms. The molecule has 4 rings (SSSR count). The van der Waals surface area contributed by atoms with Crippen LogP contribution in [-0.2, 0) is 21.5 Å². The number of rotatable bonds is 4. The van der Waals surface area contributed by atoms with Gasteiger partial charge >= 0.3 is 6.03 Å². The van der Waals surface area contributed by atoms with Gasteiger partial charge in [0.25, 0.3) is 5.91 Å². The molecule has 7 heteroatoms. The lowest BCUT2D eigenvalue weighted by molar-refractivity contribution is -0.130. The van der Waals surface area contributed by atoms with E-state index in [0.29, 0.717) is 11.1 Å². The van der Waals surface area contributed by atoms with Gasteiger partial charge in [0.15, 0.2) is 5.78 Å². The highest BCUT2D eigenvalue weighted by Crippen LogP contribution is 2.30. The van der Waals surface area contributed by atoms with E-state index < -0.39 is 17.5 Å². The summed E-state index contributed by atoms with van der Waals surface area (Å²) < 4.78 is 0. The van der Waals surface area contributed by atoms with E-state index in [1.54, 1.807) is 61.3 Å². The van der Waals surface area contributed by atoms with Gasteiger partial charge in [-0.3, -0.25) is 19.3 Å². The van der Waals surface area contributed by atoms with Gasteiger partial charge in [0.1, 0.15) is 5.54 Å². The zero-order valence-corrected chi connectivity index (χ0v) is 15.6. The number of carbonyl (C=O) groups excluding carboxylic acids is 4. The number of hydrogen-bond acceptors (Lipinski definition) is 4. The van der Waals surface area contributed by atoms with Gasteiger partial charge in [-0.25, -0.2) is 4.79 Å². The summed E-state index contributed by atoms with van der Waals surface area (Å²) in [5.41, 5.74) is 1.36. The number of amides is 4. The molecule has 2 aliphatic rings. The number of fused-ring (bicyclic) bond motifs is 1. The summed E-state index contributed by atoms with van der Waals surface area (Å²) in [5, 5.41) is 2.69. The zero-order valence-electron chi connectivity index (χ0n) is 15.6. The Hall–Kier alpha value is -3.48. The molecule has 7 nitrogen and oxygen atoms in total. The molecule has 2 heterocycles. The topological polar surface area (TPSA) is 86.8 Å². The number of Topliss-reactive ketones (excluding diaryl/α,β-unsaturated/α-hetero) is 1. The fourth-order valence-electron chi connectivity index (χ4n) is 3.69. The van der Waals surface area contributed by atoms with Crippen LogP contribution in [-0.4, -0.2) is 42.1 Å². The molecule has 0 aliphatic carbocycles. The summed E-state index contributed by atoms with van der Waals surface area (Å²) in [6.07, 6.45) is 0.238. The van der Waals surface area contributed by atoms with Crippen molar-refractivity contribution < 1.29 is 19.2 Å². The van der Waals surface area contributed by atoms with Crippen LogP contribution in [0.3, 0.4) is 0 Å². The van der Waals surface area contributed by atoms with E-state index in [4.69, 9.17) is 0 Å². The first-order chi connectivity index (χ1) is 13.3. The van der Waals surface area contributed by atoms with E-state index >= 15 is 0 Å². The molecule has 0 spiro atoms. The molecule has 2 aliphatic heterocycles. The van der Waals surface area contributed by atoms with E-state index in [2.05, 4.69) is 5.32 Å². The molecular weight excluding hydrogens is 358 g/mol. The van der Waals surface area contributed by atoms with Crippen LogP contribution in [0.4, 0.5) is 10.5 Å². The zero-order chi connectivity index (χ0) is 20.1. The number of likely N-dealkylation sites (N-methyl/N-ethyl adjacent to an activating group) is 1. The summed E-state index contributed by atoms with van der Waals surface area (Å²) in [4.78, 5) is 52.4. The van der Waals surface area contributed by atoms with Crippen LogP contribution in [0.5, 0.6) is 0 Å². The van der Waals surface area contributed by atoms with Crippen molar-refractivity contribution in [2.45, 2.75) is 18.9 Å². The summed E-state index contributed by atoms with van der Waals surface area (Å²) in [6, 6.07) is 13.3. The lowest BCUT2D eigenvalue weighted by atomic mass is 9.92. The minimum atomic E-state index is -1.20. The number of imide groups is 1. The van der Waals surface area contributed by atoms with Crippen LogP contribution < -0.4 is 10.2 Å². The van der Waals surface area contributed by atoms with Crippen molar-refractivity contribution in [2.75, 3.05) is 18.5 Å². The Morgan fingerprint density at radius 1 is 1.11 bits per heavy atom. The predicted octanol–water partition coefficient (Wildman–Crippen LogP) is 1.86. The molecule has 4 amide bonds. The first-order valence-electron chi connectivity index (χ1n) is 8.93. The Labute approximate surface area is 161 Å². The highest BCUT2D eigenvalue weighted by molar-refractivity contribution is 6.11. The summed E-state index contributed by atoms with van der Waals surface area (Å²) in [7, 11) is 1.69. The average molecular weight is 377 g/mol. The van der Waals surface area contributed by atoms with Crippen molar-refractivity contribution in [3.63, 3.8) is 0 Å². The van der Waals surface area contributed by atoms with Crippen LogP contribution in [0.2, 0.25) is 0 Å². The number of nitrogens with zero attached hydrogens (tertiary/aromatic N) is 2. The molecule has 0 aromatic heterocycles. The summed E-state index contributed by atoms with van der Waals surface area (Å²) in [6.45, 7) is 1.28. The van der Waals surface area contributed by atoms with Gasteiger partial charge in [0.2, 0.25) is 5.91 Å². The molecule has 1 saturated heterocycles. The fraction of sp³-hybridized carbons (Fsp3) is 0.238. The lowest BCUT2D eigenvalue weighted by Crippen LogP contribution is -2.41. The van der Waals surface area contributed by atoms with Crippen LogP contribution in [0.15, 0.2) is 48.5 Å². The lowest BCUT2D eigenvalue weighted by Gasteiger charge is -2.22. The maximum atomic E-state index is 12.9. The van der Waals surface area contributed by atoms with Crippen molar-refractivity contribution in [1.82, 2.24) is 10.2 Å². The van der Waals surface area contributed by atoms with Gasteiger partial charge in [0.05, 0.1) is 13.0 Å². The van der Waals surface area contributed by atoms with E-state index in [0.717, 1.165) is 16.2 Å². The number of benzene rings is 2. The maximum Gasteiger partial charge on any atom is 0.325 e. The van der Waals surface area contributed by atoms with Crippen molar-refractivity contribution in [3.8, 4) is 0 Å². The fourth-order valence-corrected chi connectivity index (χ4v) is 3.69. The first-order valence-corrected chi connectivity index (χ1v) is 8.93. The maximum absolute atomic E-state index is 12.9. The molecule has 1 atom stereocenters. The Morgan fingerprint density at radius 2 is 1.82 bits per heavy atom. The number of anilines is 1. The number of ketones is 1. The molecule has 142 valence electrons. The second-order valence-electron chi connectivity index (χ2n) is 7.21. The second kappa shape index (κ2) is 6.30. The largest absolute Gasteiger partial charge is 0.325 e. The van der Waals surface area contributed by atoms with Crippen LogP contribution in [0, 0.1) is 0 Å². The van der Waals surface area contributed by atoms with Crippen LogP contribution in [0.25, 0.3) is 0 Å². The molecule has 2 aromatic rings. The Balaban J connectivity index is 1.56. The standard InChI is InChI=1S/C21H19N3O4/c1-21(15-6-4-3-5-7-15)19(27)24(20(28)22-21)12-17(25)13-8-9-16-14(10-13)11-18(26)23(16)2/h3-10H,11-12H2,1-2H3,(H,22,28)/t21-/m0/s1. The van der Waals surface area contributed by atoms with Crippen molar-refractivity contribution in [3.05, 3.63) is 65.2 Å². The quantitative estimate of drug-likeness (QED) is 0.651. The third kappa shape index (κ3) is 2.67. The van der Waals surface area contributed by atoms with E-state index in [9.17, 15) is 19.2 Å². The van der Waals surface area contributed by atoms with Crippen molar-refractivity contribution in [1.29, 1.82) is 0 Å². The Kier molecular flexibility index (Phi) is 4.03. The molecule has 0 unspecified atom stereocenters. The number of hydrogen-bond donors (Lipinski definition) is 1. The van der Waals surface area contributed by atoms with Crippen LogP contribution in [0.1, 0.15) is 28.4 Å². The number of urea groups is 1. The third-order valence-corrected chi connectivity index (χ3v) is 5.41. The highest BCUT2D eigenvalue weighted by atomic mass is 16.2. The average Bonchev–Trinajstić information content (AvgIpc) is 3.10. The third-order valence-electron chi connectivity index (χ3n) is 5.41. The highest BCUT2D eigenvalue weighted by Gasteiger charge is 2.49. The van der Waals surface area contributed by atoms with Gasteiger partial charge in [-0.2, -0.15) is 0 Å². The van der Waals surface area contributed by atoms with Crippen molar-refractivity contribution >= 4 is 29.3 Å². The molecule has 0 radical (unpaired) electrons.